The molecule has 0 unspecified atom stereocenters. The van der Waals surface area contributed by atoms with Crippen LogP contribution in [0.1, 0.15) is 15.7 Å². The molecule has 1 fully saturated rings. The fourth-order valence-electron chi connectivity index (χ4n) is 2.91. The number of halogens is 1. The first-order valence-electron chi connectivity index (χ1n) is 9.37. The molecule has 2 heterocycles. The summed E-state index contributed by atoms with van der Waals surface area (Å²) >= 11 is 3.84. The zero-order valence-corrected chi connectivity index (χ0v) is 17.6. The number of carbonyl (C=O) groups is 1. The van der Waals surface area contributed by atoms with Crippen molar-refractivity contribution in [2.45, 2.75) is 4.58 Å². The number of benzene rings is 2. The predicted molar refractivity (Wildman–Crippen MR) is 122 cm³/mol. The molecule has 2 aromatic carbocycles. The highest BCUT2D eigenvalue weighted by molar-refractivity contribution is 8.19. The number of aromatic nitrogens is 1. The molecule has 1 saturated heterocycles. The largest absolute Gasteiger partial charge is 0.453 e. The number of nitrogens with zero attached hydrogens (tertiary/aromatic N) is 1. The van der Waals surface area contributed by atoms with Gasteiger partial charge in [0.2, 0.25) is 5.91 Å². The van der Waals surface area contributed by atoms with Crippen molar-refractivity contribution in [2.24, 2.45) is 0 Å². The van der Waals surface area contributed by atoms with Gasteiger partial charge < -0.3 is 10.1 Å². The average Bonchev–Trinajstić information content (AvgIpc) is 3.30. The molecule has 30 heavy (non-hydrogen) atoms. The van der Waals surface area contributed by atoms with Gasteiger partial charge in [0.05, 0.1) is 10.8 Å². The Morgan fingerprint density at radius 3 is 2.77 bits per heavy atom. The molecule has 4 rings (SSSR count). The smallest absolute Gasteiger partial charge is 0.248 e. The van der Waals surface area contributed by atoms with E-state index >= 15 is 0 Å². The van der Waals surface area contributed by atoms with Crippen LogP contribution in [-0.2, 0) is 4.79 Å². The van der Waals surface area contributed by atoms with Crippen molar-refractivity contribution in [3.8, 4) is 11.5 Å². The normalized spacial score (nSPS) is 14.2. The fourth-order valence-corrected chi connectivity index (χ4v) is 5.75. The molecular formula is C23H19FN2O2S2. The molecule has 1 aromatic heterocycles. The van der Waals surface area contributed by atoms with Crippen molar-refractivity contribution >= 4 is 41.2 Å². The van der Waals surface area contributed by atoms with Crippen molar-refractivity contribution in [1.29, 1.82) is 0 Å². The molecule has 3 aromatic rings. The molecule has 0 aliphatic carbocycles. The molecule has 0 atom stereocenters. The van der Waals surface area contributed by atoms with Gasteiger partial charge in [0.15, 0.2) is 11.6 Å². The van der Waals surface area contributed by atoms with Crippen LogP contribution in [0.3, 0.4) is 0 Å². The first-order valence-corrected chi connectivity index (χ1v) is 11.5. The van der Waals surface area contributed by atoms with Gasteiger partial charge in [-0.2, -0.15) is 0 Å². The van der Waals surface area contributed by atoms with E-state index in [1.165, 1.54) is 30.0 Å². The van der Waals surface area contributed by atoms with Crippen LogP contribution in [-0.4, -0.2) is 22.4 Å². The Hall–Kier alpha value is -2.77. The number of carbonyl (C=O) groups excluding carboxylic acids is 1. The monoisotopic (exact) mass is 438 g/mol. The molecule has 1 aliphatic heterocycles. The summed E-state index contributed by atoms with van der Waals surface area (Å²) in [4.78, 5) is 16.2. The van der Waals surface area contributed by atoms with E-state index in [0.717, 1.165) is 17.2 Å². The lowest BCUT2D eigenvalue weighted by Gasteiger charge is -2.10. The molecule has 1 N–H and O–H groups in total. The van der Waals surface area contributed by atoms with E-state index in [-0.39, 0.29) is 11.7 Å². The summed E-state index contributed by atoms with van der Waals surface area (Å²) in [7, 11) is 0. The van der Waals surface area contributed by atoms with Crippen molar-refractivity contribution < 1.29 is 13.9 Å². The highest BCUT2D eigenvalue weighted by Gasteiger charge is 2.18. The lowest BCUT2D eigenvalue weighted by molar-refractivity contribution is -0.111. The maximum atomic E-state index is 14.3. The number of anilines is 1. The maximum absolute atomic E-state index is 14.3. The summed E-state index contributed by atoms with van der Waals surface area (Å²) in [5.41, 5.74) is 2.52. The van der Waals surface area contributed by atoms with Gasteiger partial charge >= 0.3 is 0 Å². The van der Waals surface area contributed by atoms with Crippen LogP contribution in [0, 0.1) is 5.82 Å². The third-order valence-corrected chi connectivity index (χ3v) is 7.40. The summed E-state index contributed by atoms with van der Waals surface area (Å²) < 4.78 is 20.2. The summed E-state index contributed by atoms with van der Waals surface area (Å²) in [5.74, 6) is 2.07. The number of pyridine rings is 1. The number of hydrogen-bond donors (Lipinski definition) is 1. The lowest BCUT2D eigenvalue weighted by atomic mass is 10.2. The topological polar surface area (TPSA) is 51.2 Å². The van der Waals surface area contributed by atoms with Crippen molar-refractivity contribution in [3.63, 3.8) is 0 Å². The number of hydrogen-bond acceptors (Lipinski definition) is 5. The van der Waals surface area contributed by atoms with Gasteiger partial charge in [0.25, 0.3) is 0 Å². The molecule has 0 saturated carbocycles. The van der Waals surface area contributed by atoms with Gasteiger partial charge in [0.1, 0.15) is 5.75 Å². The molecule has 0 radical (unpaired) electrons. The van der Waals surface area contributed by atoms with Gasteiger partial charge in [-0.1, -0.05) is 18.2 Å². The van der Waals surface area contributed by atoms with Gasteiger partial charge in [-0.15, -0.1) is 23.5 Å². The summed E-state index contributed by atoms with van der Waals surface area (Å²) in [6, 6.07) is 15.9. The molecular weight excluding hydrogens is 419 g/mol. The third kappa shape index (κ3) is 5.43. The number of thioether (sulfide) groups is 2. The Kier molecular flexibility index (Phi) is 6.71. The van der Waals surface area contributed by atoms with Crippen LogP contribution in [0.25, 0.3) is 6.08 Å². The Morgan fingerprint density at radius 1 is 1.13 bits per heavy atom. The van der Waals surface area contributed by atoms with E-state index in [9.17, 15) is 9.18 Å². The molecule has 0 bridgehead atoms. The van der Waals surface area contributed by atoms with Crippen molar-refractivity contribution in [1.82, 2.24) is 4.98 Å². The molecule has 0 spiro atoms. The minimum absolute atomic E-state index is 0.101. The quantitative estimate of drug-likeness (QED) is 0.468. The summed E-state index contributed by atoms with van der Waals surface area (Å²) in [5, 5.41) is 2.87. The van der Waals surface area contributed by atoms with Gasteiger partial charge in [0, 0.05) is 29.5 Å². The van der Waals surface area contributed by atoms with Gasteiger partial charge in [-0.3, -0.25) is 9.78 Å². The Labute approximate surface area is 182 Å². The lowest BCUT2D eigenvalue weighted by Crippen LogP contribution is -2.08. The Morgan fingerprint density at radius 2 is 2.00 bits per heavy atom. The highest BCUT2D eigenvalue weighted by atomic mass is 32.2. The van der Waals surface area contributed by atoms with Crippen LogP contribution in [0.4, 0.5) is 10.1 Å². The van der Waals surface area contributed by atoms with Crippen molar-refractivity contribution in [2.75, 3.05) is 16.8 Å². The van der Waals surface area contributed by atoms with Crippen LogP contribution >= 0.6 is 23.5 Å². The number of rotatable bonds is 6. The van der Waals surface area contributed by atoms with E-state index in [2.05, 4.69) is 16.4 Å². The second-order valence-electron chi connectivity index (χ2n) is 6.50. The predicted octanol–water partition coefficient (Wildman–Crippen LogP) is 6.14. The fraction of sp³-hybridized carbons (Fsp3) is 0.130. The highest BCUT2D eigenvalue weighted by Crippen LogP contribution is 2.45. The summed E-state index contributed by atoms with van der Waals surface area (Å²) in [6.07, 6.45) is 6.09. The van der Waals surface area contributed by atoms with E-state index < -0.39 is 5.82 Å². The molecule has 1 aliphatic rings. The van der Waals surface area contributed by atoms with Crippen LogP contribution in [0.5, 0.6) is 11.5 Å². The van der Waals surface area contributed by atoms with Crippen molar-refractivity contribution in [3.05, 3.63) is 90.0 Å². The van der Waals surface area contributed by atoms with E-state index in [1.807, 2.05) is 41.7 Å². The molecule has 4 nitrogen and oxygen atoms in total. The number of nitrogens with one attached hydrogen (secondary N) is 1. The molecule has 152 valence electrons. The Bertz CT molecular complexity index is 1050. The van der Waals surface area contributed by atoms with Gasteiger partial charge in [-0.25, -0.2) is 4.39 Å². The second-order valence-corrected chi connectivity index (χ2v) is 9.23. The summed E-state index contributed by atoms with van der Waals surface area (Å²) in [6.45, 7) is 0. The minimum Gasteiger partial charge on any atom is -0.453 e. The zero-order chi connectivity index (χ0) is 20.8. The van der Waals surface area contributed by atoms with E-state index in [0.29, 0.717) is 15.9 Å². The maximum Gasteiger partial charge on any atom is 0.248 e. The standard InChI is InChI=1S/C23H19FN2O2S2/c24-20-13-16(6-8-21(20)28-19-5-2-10-25-15-19)7-9-22(27)26-18-4-1-3-17(14-18)23-29-11-12-30-23/h1-10,13-15,23H,11-12H2,(H,26,27)/b9-7+. The zero-order valence-electron chi connectivity index (χ0n) is 16.0. The molecule has 1 amide bonds. The third-order valence-electron chi connectivity index (χ3n) is 4.29. The van der Waals surface area contributed by atoms with Gasteiger partial charge in [-0.05, 0) is 53.6 Å². The minimum atomic E-state index is -0.513. The van der Waals surface area contributed by atoms with Crippen LogP contribution in [0.15, 0.2) is 73.1 Å². The van der Waals surface area contributed by atoms with Crippen LogP contribution in [0.2, 0.25) is 0 Å². The van der Waals surface area contributed by atoms with E-state index in [1.54, 1.807) is 30.5 Å². The second kappa shape index (κ2) is 9.82. The average molecular weight is 439 g/mol. The molecule has 7 heteroatoms. The first kappa shape index (κ1) is 20.5. The van der Waals surface area contributed by atoms with Crippen LogP contribution < -0.4 is 10.1 Å². The number of ether oxygens (including phenoxy) is 1. The first-order chi connectivity index (χ1) is 14.7. The van der Waals surface area contributed by atoms with E-state index in [4.69, 9.17) is 4.74 Å². The SMILES string of the molecule is O=C(/C=C/c1ccc(Oc2cccnc2)c(F)c1)Nc1cccc(C2SCCS2)c1. The number of amides is 1. The Balaban J connectivity index is 1.38.